The van der Waals surface area contributed by atoms with Gasteiger partial charge in [0.05, 0.1) is 6.10 Å². The molecule has 0 fully saturated rings. The van der Waals surface area contributed by atoms with E-state index in [2.05, 4.69) is 17.6 Å². The van der Waals surface area contributed by atoms with Gasteiger partial charge in [0, 0.05) is 11.8 Å². The van der Waals surface area contributed by atoms with Crippen LogP contribution in [0.4, 0.5) is 5.82 Å². The first-order valence-corrected chi connectivity index (χ1v) is 5.38. The molecule has 4 nitrogen and oxygen atoms in total. The minimum absolute atomic E-state index is 0.256. The van der Waals surface area contributed by atoms with Gasteiger partial charge in [-0.3, -0.25) is 0 Å². The Hall–Kier alpha value is -0.780. The van der Waals surface area contributed by atoms with Gasteiger partial charge in [-0.1, -0.05) is 0 Å². The number of aliphatic hydroxyl groups excluding tert-OH is 2. The molecule has 15 heavy (non-hydrogen) atoms. The molecule has 2 atom stereocenters. The smallest absolute Gasteiger partial charge is 0.129 e. The van der Waals surface area contributed by atoms with Crippen LogP contribution in [0.2, 0.25) is 0 Å². The van der Waals surface area contributed by atoms with Crippen LogP contribution in [0.25, 0.3) is 0 Å². The summed E-state index contributed by atoms with van der Waals surface area (Å²) < 4.78 is 0. The predicted octanol–water partition coefficient (Wildman–Crippen LogP) is 0.686. The monoisotopic (exact) mass is 228 g/mol. The Morgan fingerprint density at radius 1 is 1.53 bits per heavy atom. The van der Waals surface area contributed by atoms with Crippen molar-refractivity contribution < 1.29 is 10.2 Å². The van der Waals surface area contributed by atoms with Crippen LogP contribution in [-0.4, -0.2) is 27.1 Å². The lowest BCUT2D eigenvalue weighted by atomic mass is 10.0. The highest BCUT2D eigenvalue weighted by Gasteiger charge is 2.20. The van der Waals surface area contributed by atoms with Gasteiger partial charge in [-0.15, -0.1) is 0 Å². The van der Waals surface area contributed by atoms with E-state index in [1.165, 1.54) is 0 Å². The van der Waals surface area contributed by atoms with E-state index < -0.39 is 12.2 Å². The normalized spacial score (nSPS) is 14.9. The Bertz CT molecular complexity index is 333. The van der Waals surface area contributed by atoms with Gasteiger partial charge in [-0.05, 0) is 30.7 Å². The van der Waals surface area contributed by atoms with Gasteiger partial charge >= 0.3 is 0 Å². The molecule has 0 saturated heterocycles. The van der Waals surface area contributed by atoms with E-state index in [0.717, 1.165) is 5.56 Å². The van der Waals surface area contributed by atoms with E-state index in [-0.39, 0.29) is 5.82 Å². The van der Waals surface area contributed by atoms with E-state index in [9.17, 15) is 10.2 Å². The number of hydrogen-bond donors (Lipinski definition) is 4. The Morgan fingerprint density at radius 2 is 2.20 bits per heavy atom. The average molecular weight is 228 g/mol. The molecule has 1 heterocycles. The van der Waals surface area contributed by atoms with Crippen LogP contribution in [0.5, 0.6) is 0 Å². The third kappa shape index (κ3) is 3.09. The molecular formula is C10H16N2O2S. The zero-order valence-corrected chi connectivity index (χ0v) is 9.48. The summed E-state index contributed by atoms with van der Waals surface area (Å²) in [7, 11) is 0. The molecule has 0 aromatic carbocycles. The van der Waals surface area contributed by atoms with E-state index in [1.54, 1.807) is 12.3 Å². The highest BCUT2D eigenvalue weighted by molar-refractivity contribution is 7.80. The second-order valence-corrected chi connectivity index (χ2v) is 3.96. The summed E-state index contributed by atoms with van der Waals surface area (Å²) in [6.45, 7) is 1.85. The zero-order chi connectivity index (χ0) is 11.4. The Morgan fingerprint density at radius 3 is 2.80 bits per heavy atom. The fourth-order valence-corrected chi connectivity index (χ4v) is 1.60. The quantitative estimate of drug-likeness (QED) is 0.572. The lowest BCUT2D eigenvalue weighted by Crippen LogP contribution is -2.20. The van der Waals surface area contributed by atoms with E-state index in [4.69, 9.17) is 5.73 Å². The number of nitrogens with zero attached hydrogens (tertiary/aromatic N) is 1. The number of anilines is 1. The lowest BCUT2D eigenvalue weighted by Gasteiger charge is -2.18. The number of nitrogen functional groups attached to an aromatic ring is 1. The predicted molar refractivity (Wildman–Crippen MR) is 62.8 cm³/mol. The van der Waals surface area contributed by atoms with Crippen LogP contribution >= 0.6 is 12.6 Å². The van der Waals surface area contributed by atoms with Crippen LogP contribution in [0.15, 0.2) is 12.3 Å². The van der Waals surface area contributed by atoms with E-state index >= 15 is 0 Å². The second-order valence-electron chi connectivity index (χ2n) is 3.51. The summed E-state index contributed by atoms with van der Waals surface area (Å²) in [5.74, 6) is 0.767. The van der Waals surface area contributed by atoms with Gasteiger partial charge in [0.2, 0.25) is 0 Å². The molecule has 1 aromatic heterocycles. The van der Waals surface area contributed by atoms with Crippen LogP contribution < -0.4 is 5.73 Å². The van der Waals surface area contributed by atoms with Gasteiger partial charge in [0.15, 0.2) is 0 Å². The van der Waals surface area contributed by atoms with Crippen molar-refractivity contribution in [1.82, 2.24) is 4.98 Å². The molecule has 0 aliphatic carbocycles. The van der Waals surface area contributed by atoms with Gasteiger partial charge in [-0.25, -0.2) is 4.98 Å². The minimum atomic E-state index is -0.996. The molecule has 4 N–H and O–H groups in total. The molecular weight excluding hydrogens is 212 g/mol. The van der Waals surface area contributed by atoms with Gasteiger partial charge in [0.1, 0.15) is 11.9 Å². The maximum Gasteiger partial charge on any atom is 0.129 e. The van der Waals surface area contributed by atoms with Crippen molar-refractivity contribution in [2.75, 3.05) is 11.5 Å². The number of hydrogen-bond acceptors (Lipinski definition) is 5. The van der Waals surface area contributed by atoms with Crippen molar-refractivity contribution in [3.05, 3.63) is 23.4 Å². The van der Waals surface area contributed by atoms with Gasteiger partial charge < -0.3 is 15.9 Å². The number of aliphatic hydroxyl groups is 2. The molecule has 0 aliphatic rings. The highest BCUT2D eigenvalue weighted by atomic mass is 32.1. The first-order valence-electron chi connectivity index (χ1n) is 4.75. The number of pyridine rings is 1. The number of thiol groups is 1. The summed E-state index contributed by atoms with van der Waals surface area (Å²) in [6.07, 6.45) is 0.187. The summed E-state index contributed by atoms with van der Waals surface area (Å²) in [5, 5.41) is 19.4. The lowest BCUT2D eigenvalue weighted by molar-refractivity contribution is 0.0175. The van der Waals surface area contributed by atoms with Crippen molar-refractivity contribution in [3.8, 4) is 0 Å². The third-order valence-corrected chi connectivity index (χ3v) is 2.45. The maximum absolute atomic E-state index is 9.82. The SMILES string of the molecule is Cc1cnc(N)c(C(O)C(O)CCS)c1. The van der Waals surface area contributed by atoms with E-state index in [0.29, 0.717) is 17.7 Å². The minimum Gasteiger partial charge on any atom is -0.390 e. The van der Waals surface area contributed by atoms with Crippen LogP contribution in [0.3, 0.4) is 0 Å². The molecule has 84 valence electrons. The molecule has 5 heteroatoms. The van der Waals surface area contributed by atoms with Crippen LogP contribution in [0.1, 0.15) is 23.7 Å². The number of rotatable bonds is 4. The van der Waals surface area contributed by atoms with Crippen molar-refractivity contribution in [1.29, 1.82) is 0 Å². The molecule has 0 aliphatic heterocycles. The van der Waals surface area contributed by atoms with Crippen molar-refractivity contribution >= 4 is 18.4 Å². The third-order valence-electron chi connectivity index (χ3n) is 2.19. The molecule has 1 aromatic rings. The Labute approximate surface area is 94.6 Å². The number of nitrogens with two attached hydrogens (primary N) is 1. The Balaban J connectivity index is 2.89. The van der Waals surface area contributed by atoms with Gasteiger partial charge in [-0.2, -0.15) is 12.6 Å². The molecule has 1 rings (SSSR count). The highest BCUT2D eigenvalue weighted by Crippen LogP contribution is 2.24. The second kappa shape index (κ2) is 5.34. The van der Waals surface area contributed by atoms with Gasteiger partial charge in [0.25, 0.3) is 0 Å². The van der Waals surface area contributed by atoms with Crippen molar-refractivity contribution in [3.63, 3.8) is 0 Å². The summed E-state index contributed by atoms with van der Waals surface area (Å²) in [4.78, 5) is 3.93. The molecule has 0 bridgehead atoms. The summed E-state index contributed by atoms with van der Waals surface area (Å²) in [6, 6.07) is 1.73. The molecule has 0 radical (unpaired) electrons. The first-order chi connectivity index (χ1) is 7.06. The summed E-state index contributed by atoms with van der Waals surface area (Å²) >= 11 is 4.00. The van der Waals surface area contributed by atoms with Crippen molar-refractivity contribution in [2.24, 2.45) is 0 Å². The van der Waals surface area contributed by atoms with Crippen LogP contribution in [-0.2, 0) is 0 Å². The molecule has 0 saturated carbocycles. The largest absolute Gasteiger partial charge is 0.390 e. The molecule has 0 spiro atoms. The molecule has 0 amide bonds. The fourth-order valence-electron chi connectivity index (χ4n) is 1.34. The van der Waals surface area contributed by atoms with E-state index in [1.807, 2.05) is 6.92 Å². The number of aromatic nitrogens is 1. The Kier molecular flexibility index (Phi) is 4.38. The molecule has 2 unspecified atom stereocenters. The average Bonchev–Trinajstić information content (AvgIpc) is 2.21. The number of aryl methyl sites for hydroxylation is 1. The zero-order valence-electron chi connectivity index (χ0n) is 8.59. The standard InChI is InChI=1S/C10H16N2O2S/c1-6-4-7(10(11)12-5-6)9(14)8(13)2-3-15/h4-5,8-9,13-15H,2-3H2,1H3,(H2,11,12). The van der Waals surface area contributed by atoms with Crippen LogP contribution in [0, 0.1) is 6.92 Å². The fraction of sp³-hybridized carbons (Fsp3) is 0.500. The summed E-state index contributed by atoms with van der Waals surface area (Å²) in [5.41, 5.74) is 7.00. The maximum atomic E-state index is 9.82. The van der Waals surface area contributed by atoms with Crippen molar-refractivity contribution in [2.45, 2.75) is 25.6 Å². The first kappa shape index (κ1) is 12.3. The topological polar surface area (TPSA) is 79.4 Å².